The van der Waals surface area contributed by atoms with Crippen LogP contribution in [0.15, 0.2) is 23.4 Å². The molecule has 2 atom stereocenters. The lowest BCUT2D eigenvalue weighted by Gasteiger charge is -2.45. The van der Waals surface area contributed by atoms with Gasteiger partial charge in [0.25, 0.3) is 0 Å². The van der Waals surface area contributed by atoms with Crippen LogP contribution in [0.4, 0.5) is 10.6 Å². The Morgan fingerprint density at radius 1 is 1.24 bits per heavy atom. The molecule has 2 aliphatic carbocycles. The number of nitriles is 1. The summed E-state index contributed by atoms with van der Waals surface area (Å²) in [5.74, 6) is 0.961. The Balaban J connectivity index is 1.45. The van der Waals surface area contributed by atoms with Crippen molar-refractivity contribution in [2.75, 3.05) is 30.8 Å². The highest BCUT2D eigenvalue weighted by atomic mass is 35.5. The lowest BCUT2D eigenvalue weighted by atomic mass is 9.62. The third kappa shape index (κ3) is 5.20. The number of aromatic nitrogens is 2. The predicted octanol–water partition coefficient (Wildman–Crippen LogP) is 5.95. The largest absolute Gasteiger partial charge is 0.444 e. The van der Waals surface area contributed by atoms with E-state index in [0.717, 1.165) is 60.2 Å². The fourth-order valence-corrected chi connectivity index (χ4v) is 7.05. The number of nitrogens with zero attached hydrogens (tertiary/aromatic N) is 5. The Hall–Kier alpha value is -2.50. The quantitative estimate of drug-likeness (QED) is 0.343. The third-order valence-electron chi connectivity index (χ3n) is 8.10. The molecule has 0 bridgehead atoms. The standard InChI is InChI=1S/C29H36ClN5O2S/c1-28(2,3)37-27(36)35-16-15-34(18-19(35)11-14-31)25-21-10-13-29(17-24(21)32-26(33-25)38-4)12-6-7-20-22(29)8-5-9-23(20)30/h5,8-9,19H,6-7,10-13,15-18H2,1-4H3/t19-,29?/m0/s1. The minimum Gasteiger partial charge on any atom is -0.444 e. The average molecular weight is 554 g/mol. The monoisotopic (exact) mass is 553 g/mol. The molecule has 1 aromatic heterocycles. The molecule has 1 aromatic carbocycles. The van der Waals surface area contributed by atoms with Crippen molar-refractivity contribution in [1.29, 1.82) is 5.26 Å². The number of carbonyl (C=O) groups excluding carboxylic acids is 1. The number of piperazine rings is 1. The van der Waals surface area contributed by atoms with Crippen molar-refractivity contribution in [3.63, 3.8) is 0 Å². The van der Waals surface area contributed by atoms with Crippen LogP contribution in [0.2, 0.25) is 5.02 Å². The number of fused-ring (bicyclic) bond motifs is 3. The Kier molecular flexibility index (Phi) is 7.54. The first kappa shape index (κ1) is 27.1. The van der Waals surface area contributed by atoms with Crippen LogP contribution < -0.4 is 4.90 Å². The molecule has 1 amide bonds. The van der Waals surface area contributed by atoms with Gasteiger partial charge in [-0.05, 0) is 82.7 Å². The average Bonchev–Trinajstić information content (AvgIpc) is 2.88. The number of hydrogen-bond acceptors (Lipinski definition) is 7. The summed E-state index contributed by atoms with van der Waals surface area (Å²) in [5.41, 5.74) is 4.52. The normalized spacial score (nSPS) is 23.0. The summed E-state index contributed by atoms with van der Waals surface area (Å²) >= 11 is 8.19. The number of ether oxygens (including phenoxy) is 1. The van der Waals surface area contributed by atoms with Crippen molar-refractivity contribution in [2.45, 2.75) is 87.9 Å². The lowest BCUT2D eigenvalue weighted by molar-refractivity contribution is 0.0144. The second-order valence-corrected chi connectivity index (χ2v) is 12.9. The fraction of sp³-hybridized carbons (Fsp3) is 0.586. The highest BCUT2D eigenvalue weighted by Crippen LogP contribution is 2.48. The molecule has 9 heteroatoms. The number of thioether (sulfide) groups is 1. The molecule has 7 nitrogen and oxygen atoms in total. The van der Waals surface area contributed by atoms with Gasteiger partial charge in [-0.3, -0.25) is 0 Å². The summed E-state index contributed by atoms with van der Waals surface area (Å²) in [4.78, 5) is 26.9. The molecule has 38 heavy (non-hydrogen) atoms. The molecule has 1 aliphatic heterocycles. The minimum absolute atomic E-state index is 0.0611. The molecule has 0 N–H and O–H groups in total. The van der Waals surface area contributed by atoms with Gasteiger partial charge in [-0.1, -0.05) is 35.5 Å². The maximum Gasteiger partial charge on any atom is 0.410 e. The second-order valence-electron chi connectivity index (χ2n) is 11.7. The zero-order valence-electron chi connectivity index (χ0n) is 22.7. The molecule has 1 spiro atoms. The summed E-state index contributed by atoms with van der Waals surface area (Å²) in [6.45, 7) is 7.27. The van der Waals surface area contributed by atoms with Gasteiger partial charge in [-0.2, -0.15) is 5.26 Å². The van der Waals surface area contributed by atoms with E-state index in [9.17, 15) is 10.1 Å². The van der Waals surface area contributed by atoms with Crippen LogP contribution in [0.25, 0.3) is 0 Å². The van der Waals surface area contributed by atoms with Gasteiger partial charge >= 0.3 is 6.09 Å². The molecule has 202 valence electrons. The highest BCUT2D eigenvalue weighted by Gasteiger charge is 2.42. The Morgan fingerprint density at radius 2 is 2.05 bits per heavy atom. The van der Waals surface area contributed by atoms with Crippen LogP contribution >= 0.6 is 23.4 Å². The molecule has 1 unspecified atom stereocenters. The molecular weight excluding hydrogens is 518 g/mol. The molecule has 2 heterocycles. The first-order chi connectivity index (χ1) is 18.1. The number of halogens is 1. The number of benzene rings is 1. The van der Waals surface area contributed by atoms with E-state index >= 15 is 0 Å². The third-order valence-corrected chi connectivity index (χ3v) is 9.00. The van der Waals surface area contributed by atoms with E-state index in [0.29, 0.717) is 19.6 Å². The maximum atomic E-state index is 12.9. The van der Waals surface area contributed by atoms with Gasteiger partial charge in [0.2, 0.25) is 0 Å². The number of amides is 1. The molecule has 0 radical (unpaired) electrons. The first-order valence-electron chi connectivity index (χ1n) is 13.5. The van der Waals surface area contributed by atoms with Gasteiger partial charge in [0, 0.05) is 35.6 Å². The number of rotatable bonds is 3. The van der Waals surface area contributed by atoms with Crippen molar-refractivity contribution in [3.8, 4) is 6.07 Å². The van der Waals surface area contributed by atoms with Gasteiger partial charge in [0.1, 0.15) is 11.4 Å². The van der Waals surface area contributed by atoms with Crippen molar-refractivity contribution in [2.24, 2.45) is 0 Å². The molecule has 1 fully saturated rings. The van der Waals surface area contributed by atoms with Gasteiger partial charge < -0.3 is 14.5 Å². The summed E-state index contributed by atoms with van der Waals surface area (Å²) in [7, 11) is 0. The zero-order valence-corrected chi connectivity index (χ0v) is 24.3. The van der Waals surface area contributed by atoms with Crippen molar-refractivity contribution < 1.29 is 9.53 Å². The summed E-state index contributed by atoms with van der Waals surface area (Å²) in [6.07, 6.45) is 8.06. The molecule has 2 aromatic rings. The van der Waals surface area contributed by atoms with Crippen LogP contribution in [0.3, 0.4) is 0 Å². The minimum atomic E-state index is -0.581. The van der Waals surface area contributed by atoms with Gasteiger partial charge in [0.05, 0.1) is 24.2 Å². The van der Waals surface area contributed by atoms with Gasteiger partial charge in [-0.25, -0.2) is 14.8 Å². The zero-order chi connectivity index (χ0) is 27.1. The number of anilines is 1. The smallest absolute Gasteiger partial charge is 0.410 e. The van der Waals surface area contributed by atoms with Crippen LogP contribution in [0.5, 0.6) is 0 Å². The van der Waals surface area contributed by atoms with E-state index in [1.165, 1.54) is 16.7 Å². The van der Waals surface area contributed by atoms with E-state index in [1.54, 1.807) is 16.7 Å². The summed E-state index contributed by atoms with van der Waals surface area (Å²) in [6, 6.07) is 8.38. The molecule has 5 rings (SSSR count). The van der Waals surface area contributed by atoms with E-state index in [1.807, 2.05) is 33.1 Å². The predicted molar refractivity (Wildman–Crippen MR) is 151 cm³/mol. The first-order valence-corrected chi connectivity index (χ1v) is 15.1. The van der Waals surface area contributed by atoms with Gasteiger partial charge in [0.15, 0.2) is 5.16 Å². The van der Waals surface area contributed by atoms with Crippen molar-refractivity contribution in [1.82, 2.24) is 14.9 Å². The van der Waals surface area contributed by atoms with Crippen molar-refractivity contribution in [3.05, 3.63) is 45.6 Å². The fourth-order valence-electron chi connectivity index (χ4n) is 6.40. The van der Waals surface area contributed by atoms with Crippen molar-refractivity contribution >= 4 is 35.3 Å². The lowest BCUT2D eigenvalue weighted by Crippen LogP contribution is -2.56. The highest BCUT2D eigenvalue weighted by molar-refractivity contribution is 7.98. The van der Waals surface area contributed by atoms with Crippen LogP contribution in [-0.2, 0) is 29.4 Å². The number of carbonyl (C=O) groups is 1. The Labute approximate surface area is 234 Å². The van der Waals surface area contributed by atoms with E-state index in [-0.39, 0.29) is 24.0 Å². The van der Waals surface area contributed by atoms with Crippen LogP contribution in [0.1, 0.15) is 68.8 Å². The van der Waals surface area contributed by atoms with Crippen LogP contribution in [0, 0.1) is 11.3 Å². The van der Waals surface area contributed by atoms with E-state index < -0.39 is 5.60 Å². The Morgan fingerprint density at radius 3 is 2.79 bits per heavy atom. The summed E-state index contributed by atoms with van der Waals surface area (Å²) < 4.78 is 5.64. The second kappa shape index (κ2) is 10.6. The maximum absolute atomic E-state index is 12.9. The molecule has 3 aliphatic rings. The SMILES string of the molecule is CSc1nc2c(c(N3CCN(C(=O)OC(C)(C)C)[C@@H](CC#N)C3)n1)CCC1(CCCc3c(Cl)cccc31)C2. The van der Waals surface area contributed by atoms with E-state index in [2.05, 4.69) is 23.1 Å². The van der Waals surface area contributed by atoms with Gasteiger partial charge in [-0.15, -0.1) is 0 Å². The molecule has 1 saturated heterocycles. The Bertz CT molecular complexity index is 1270. The topological polar surface area (TPSA) is 82.4 Å². The molecular formula is C29H36ClN5O2S. The number of hydrogen-bond donors (Lipinski definition) is 0. The molecule has 0 saturated carbocycles. The summed E-state index contributed by atoms with van der Waals surface area (Å²) in [5, 5.41) is 11.2. The van der Waals surface area contributed by atoms with Crippen LogP contribution in [-0.4, -0.2) is 58.5 Å². The van der Waals surface area contributed by atoms with E-state index in [4.69, 9.17) is 26.3 Å².